The van der Waals surface area contributed by atoms with Crippen LogP contribution in [0.25, 0.3) is 0 Å². The van der Waals surface area contributed by atoms with Gasteiger partial charge in [0.2, 0.25) is 0 Å². The molecule has 0 aliphatic carbocycles. The molecule has 0 aliphatic heterocycles. The second-order valence-corrected chi connectivity index (χ2v) is 4.90. The summed E-state index contributed by atoms with van der Waals surface area (Å²) >= 11 is 1.63. The highest BCUT2D eigenvalue weighted by Gasteiger charge is 2.20. The Kier molecular flexibility index (Phi) is 3.89. The first-order valence-corrected chi connectivity index (χ1v) is 6.62. The summed E-state index contributed by atoms with van der Waals surface area (Å²) in [5.74, 6) is 1.54. The summed E-state index contributed by atoms with van der Waals surface area (Å²) in [6, 6.07) is 5.74. The third kappa shape index (κ3) is 2.35. The van der Waals surface area contributed by atoms with Crippen LogP contribution in [0, 0.1) is 6.92 Å². The maximum atomic E-state index is 6.31. The quantitative estimate of drug-likeness (QED) is 0.921. The van der Waals surface area contributed by atoms with Crippen LogP contribution in [-0.4, -0.2) is 14.2 Å². The Balaban J connectivity index is 2.54. The van der Waals surface area contributed by atoms with E-state index in [-0.39, 0.29) is 6.04 Å². The van der Waals surface area contributed by atoms with Crippen molar-refractivity contribution in [3.63, 3.8) is 0 Å². The molecule has 2 N–H and O–H groups in total. The van der Waals surface area contributed by atoms with Gasteiger partial charge < -0.3 is 15.2 Å². The van der Waals surface area contributed by atoms with Crippen LogP contribution >= 0.6 is 11.3 Å². The van der Waals surface area contributed by atoms with Crippen molar-refractivity contribution in [1.82, 2.24) is 0 Å². The van der Waals surface area contributed by atoms with E-state index in [1.54, 1.807) is 25.6 Å². The molecule has 0 saturated carbocycles. The van der Waals surface area contributed by atoms with Crippen LogP contribution in [0.3, 0.4) is 0 Å². The lowest BCUT2D eigenvalue weighted by Gasteiger charge is -2.19. The molecule has 0 unspecified atom stereocenters. The summed E-state index contributed by atoms with van der Waals surface area (Å²) in [6.45, 7) is 2.00. The first-order valence-electron chi connectivity index (χ1n) is 5.67. The second kappa shape index (κ2) is 5.42. The molecule has 96 valence electrons. The molecule has 18 heavy (non-hydrogen) atoms. The van der Waals surface area contributed by atoms with E-state index in [9.17, 15) is 0 Å². The molecule has 0 radical (unpaired) electrons. The van der Waals surface area contributed by atoms with E-state index in [0.717, 1.165) is 28.2 Å². The highest BCUT2D eigenvalue weighted by atomic mass is 32.1. The molecule has 0 amide bonds. The van der Waals surface area contributed by atoms with Crippen molar-refractivity contribution in [2.24, 2.45) is 5.73 Å². The molecule has 0 fully saturated rings. The molecule has 4 heteroatoms. The number of hydrogen-bond acceptors (Lipinski definition) is 4. The van der Waals surface area contributed by atoms with Gasteiger partial charge in [-0.1, -0.05) is 0 Å². The minimum absolute atomic E-state index is 0.234. The number of aryl methyl sites for hydroxylation is 1. The first kappa shape index (κ1) is 12.9. The highest BCUT2D eigenvalue weighted by Crippen LogP contribution is 2.37. The summed E-state index contributed by atoms with van der Waals surface area (Å²) in [5.41, 5.74) is 9.36. The Hall–Kier alpha value is -1.52. The average molecular weight is 263 g/mol. The molecule has 1 heterocycles. The van der Waals surface area contributed by atoms with Crippen LogP contribution in [0.4, 0.5) is 0 Å². The van der Waals surface area contributed by atoms with E-state index in [4.69, 9.17) is 15.2 Å². The lowest BCUT2D eigenvalue weighted by atomic mass is 9.98. The summed E-state index contributed by atoms with van der Waals surface area (Å²) < 4.78 is 10.9. The first-order chi connectivity index (χ1) is 8.67. The van der Waals surface area contributed by atoms with Crippen LogP contribution < -0.4 is 15.2 Å². The van der Waals surface area contributed by atoms with E-state index in [0.29, 0.717) is 0 Å². The molecule has 1 aromatic carbocycles. The Morgan fingerprint density at radius 3 is 2.22 bits per heavy atom. The largest absolute Gasteiger partial charge is 0.496 e. The van der Waals surface area contributed by atoms with Crippen molar-refractivity contribution in [3.8, 4) is 11.5 Å². The Labute approximate surface area is 111 Å². The summed E-state index contributed by atoms with van der Waals surface area (Å²) in [4.78, 5) is 0. The SMILES string of the molecule is COc1cc(C)cc(OC)c1[C@H](N)c1ccsc1. The monoisotopic (exact) mass is 263 g/mol. The highest BCUT2D eigenvalue weighted by molar-refractivity contribution is 7.08. The molecular formula is C14H17NO2S. The number of thiophene rings is 1. The van der Waals surface area contributed by atoms with E-state index >= 15 is 0 Å². The number of hydrogen-bond donors (Lipinski definition) is 1. The fourth-order valence-corrected chi connectivity index (χ4v) is 2.69. The van der Waals surface area contributed by atoms with Crippen LogP contribution in [0.1, 0.15) is 22.7 Å². The smallest absolute Gasteiger partial charge is 0.127 e. The summed E-state index contributed by atoms with van der Waals surface area (Å²) in [5, 5.41) is 4.06. The third-order valence-electron chi connectivity index (χ3n) is 2.90. The van der Waals surface area contributed by atoms with Gasteiger partial charge in [0.15, 0.2) is 0 Å². The van der Waals surface area contributed by atoms with Gasteiger partial charge in [-0.2, -0.15) is 11.3 Å². The van der Waals surface area contributed by atoms with Gasteiger partial charge in [0.1, 0.15) is 11.5 Å². The van der Waals surface area contributed by atoms with E-state index in [2.05, 4.69) is 0 Å². The maximum absolute atomic E-state index is 6.31. The summed E-state index contributed by atoms with van der Waals surface area (Å²) in [6.07, 6.45) is 0. The standard InChI is InChI=1S/C14H17NO2S/c1-9-6-11(16-2)13(12(7-9)17-3)14(15)10-4-5-18-8-10/h4-8,14H,15H2,1-3H3/t14-/m1/s1. The van der Waals surface area contributed by atoms with Crippen LogP contribution in [-0.2, 0) is 0 Å². The number of nitrogens with two attached hydrogens (primary N) is 1. The predicted octanol–water partition coefficient (Wildman–Crippen LogP) is 3.12. The molecule has 0 bridgehead atoms. The molecule has 0 spiro atoms. The van der Waals surface area contributed by atoms with Gasteiger partial charge >= 0.3 is 0 Å². The predicted molar refractivity (Wildman–Crippen MR) is 74.6 cm³/mol. The Morgan fingerprint density at radius 1 is 1.17 bits per heavy atom. The Bertz CT molecular complexity index is 498. The molecule has 0 aliphatic rings. The lowest BCUT2D eigenvalue weighted by molar-refractivity contribution is 0.382. The molecular weight excluding hydrogens is 246 g/mol. The number of ether oxygens (including phenoxy) is 2. The van der Waals surface area contributed by atoms with E-state index < -0.39 is 0 Å². The molecule has 3 nitrogen and oxygen atoms in total. The van der Waals surface area contributed by atoms with Crippen molar-refractivity contribution in [1.29, 1.82) is 0 Å². The zero-order valence-electron chi connectivity index (χ0n) is 10.8. The van der Waals surface area contributed by atoms with Gasteiger partial charge in [0, 0.05) is 0 Å². The number of rotatable bonds is 4. The molecule has 1 atom stereocenters. The van der Waals surface area contributed by atoms with Crippen molar-refractivity contribution >= 4 is 11.3 Å². The van der Waals surface area contributed by atoms with Gasteiger partial charge in [-0.05, 0) is 47.0 Å². The van der Waals surface area contributed by atoms with E-state index in [1.807, 2.05) is 35.9 Å². The number of methoxy groups -OCH3 is 2. The van der Waals surface area contributed by atoms with Crippen molar-refractivity contribution in [3.05, 3.63) is 45.6 Å². The third-order valence-corrected chi connectivity index (χ3v) is 3.60. The maximum Gasteiger partial charge on any atom is 0.127 e. The zero-order chi connectivity index (χ0) is 13.1. The minimum Gasteiger partial charge on any atom is -0.496 e. The molecule has 1 aromatic heterocycles. The lowest BCUT2D eigenvalue weighted by Crippen LogP contribution is -2.14. The topological polar surface area (TPSA) is 44.5 Å². The molecule has 2 rings (SSSR count). The molecule has 2 aromatic rings. The van der Waals surface area contributed by atoms with Gasteiger partial charge in [-0.25, -0.2) is 0 Å². The van der Waals surface area contributed by atoms with Crippen molar-refractivity contribution in [2.75, 3.05) is 14.2 Å². The normalized spacial score (nSPS) is 12.2. The van der Waals surface area contributed by atoms with Crippen molar-refractivity contribution in [2.45, 2.75) is 13.0 Å². The summed E-state index contributed by atoms with van der Waals surface area (Å²) in [7, 11) is 3.30. The van der Waals surface area contributed by atoms with Gasteiger partial charge in [0.05, 0.1) is 25.8 Å². The van der Waals surface area contributed by atoms with Crippen LogP contribution in [0.15, 0.2) is 29.0 Å². The minimum atomic E-state index is -0.234. The fraction of sp³-hybridized carbons (Fsp3) is 0.286. The van der Waals surface area contributed by atoms with E-state index in [1.165, 1.54) is 0 Å². The average Bonchev–Trinajstić information content (AvgIpc) is 2.90. The van der Waals surface area contributed by atoms with Crippen LogP contribution in [0.2, 0.25) is 0 Å². The van der Waals surface area contributed by atoms with Gasteiger partial charge in [-0.15, -0.1) is 0 Å². The zero-order valence-corrected chi connectivity index (χ0v) is 11.6. The Morgan fingerprint density at radius 2 is 1.78 bits per heavy atom. The van der Waals surface area contributed by atoms with Gasteiger partial charge in [-0.3, -0.25) is 0 Å². The van der Waals surface area contributed by atoms with Crippen LogP contribution in [0.5, 0.6) is 11.5 Å². The number of benzene rings is 1. The second-order valence-electron chi connectivity index (χ2n) is 4.12. The van der Waals surface area contributed by atoms with Crippen molar-refractivity contribution < 1.29 is 9.47 Å². The fourth-order valence-electron chi connectivity index (χ4n) is 2.00. The molecule has 0 saturated heterocycles. The van der Waals surface area contributed by atoms with Gasteiger partial charge in [0.25, 0.3) is 0 Å².